The molecule has 0 rings (SSSR count). The number of rotatable bonds is 17. The summed E-state index contributed by atoms with van der Waals surface area (Å²) in [6.45, 7) is 12.3. The Bertz CT molecular complexity index is 370. The van der Waals surface area contributed by atoms with Crippen LogP contribution >= 0.6 is 0 Å². The lowest BCUT2D eigenvalue weighted by Crippen LogP contribution is -2.64. The second kappa shape index (κ2) is 14.8. The van der Waals surface area contributed by atoms with E-state index in [0.717, 1.165) is 0 Å². The molecule has 0 aliphatic rings. The molecule has 0 saturated carbocycles. The Morgan fingerprint density at radius 2 is 0.862 bits per heavy atom. The van der Waals surface area contributed by atoms with Crippen molar-refractivity contribution in [2.75, 3.05) is 21.3 Å². The van der Waals surface area contributed by atoms with Crippen LogP contribution in [-0.2, 0) is 41.7 Å². The van der Waals surface area contributed by atoms with Gasteiger partial charge in [-0.2, -0.15) is 0 Å². The third-order valence-corrected chi connectivity index (χ3v) is 7.33. The zero-order valence-electron chi connectivity index (χ0n) is 19.5. The maximum atomic E-state index is 6.41. The van der Waals surface area contributed by atoms with E-state index in [1.807, 2.05) is 6.92 Å². The summed E-state index contributed by atoms with van der Waals surface area (Å²) in [4.78, 5) is 0. The quantitative estimate of drug-likeness (QED) is 0.266. The molecule has 0 fully saturated rings. The topological polar surface area (TPSA) is 109 Å². The van der Waals surface area contributed by atoms with Gasteiger partial charge in [0.1, 0.15) is 0 Å². The SMILES string of the molecule is CCC(N)[Si](OC(C)OC(C)OC)(OC(C)OC(C)OC)OC(C)OC(C)OC. The first-order valence-electron chi connectivity index (χ1n) is 9.87. The molecule has 0 radical (unpaired) electrons. The average Bonchev–Trinajstić information content (AvgIpc) is 2.65. The zero-order valence-corrected chi connectivity index (χ0v) is 20.5. The van der Waals surface area contributed by atoms with Gasteiger partial charge in [0.25, 0.3) is 0 Å². The zero-order chi connectivity index (χ0) is 22.6. The summed E-state index contributed by atoms with van der Waals surface area (Å²) in [7, 11) is 1.03. The van der Waals surface area contributed by atoms with Crippen molar-refractivity contribution in [1.82, 2.24) is 0 Å². The highest BCUT2D eigenvalue weighted by atomic mass is 28.4. The maximum absolute atomic E-state index is 6.41. The minimum Gasteiger partial charge on any atom is -0.356 e. The Kier molecular flexibility index (Phi) is 14.7. The summed E-state index contributed by atoms with van der Waals surface area (Å²) >= 11 is 0. The number of hydrogen-bond acceptors (Lipinski definition) is 10. The Labute approximate surface area is 176 Å². The van der Waals surface area contributed by atoms with Crippen molar-refractivity contribution in [3.8, 4) is 0 Å². The Hall–Kier alpha value is -0.183. The second-order valence-corrected chi connectivity index (χ2v) is 9.15. The van der Waals surface area contributed by atoms with Crippen molar-refractivity contribution in [3.05, 3.63) is 0 Å². The fraction of sp³-hybridized carbons (Fsp3) is 1.00. The first-order valence-corrected chi connectivity index (χ1v) is 11.7. The van der Waals surface area contributed by atoms with Gasteiger partial charge in [-0.3, -0.25) is 0 Å². The molecular formula is C18H41NO9Si. The van der Waals surface area contributed by atoms with Crippen LogP contribution < -0.4 is 5.73 Å². The monoisotopic (exact) mass is 443 g/mol. The molecule has 0 aromatic carbocycles. The van der Waals surface area contributed by atoms with Crippen LogP contribution in [0.5, 0.6) is 0 Å². The molecule has 0 amide bonds. The first-order chi connectivity index (χ1) is 13.5. The van der Waals surface area contributed by atoms with Crippen LogP contribution in [0.25, 0.3) is 0 Å². The van der Waals surface area contributed by atoms with Gasteiger partial charge in [0, 0.05) is 21.3 Å². The summed E-state index contributed by atoms with van der Waals surface area (Å²) < 4.78 is 50.9. The standard InChI is InChI=1S/C18H41NO9Si/c1-11-18(19)29(26-15(5)23-12(2)20-8,27-16(6)24-13(3)21-9)28-17(7)25-14(4)22-10/h12-18H,11,19H2,1-10H3. The summed E-state index contributed by atoms with van der Waals surface area (Å²) in [6.07, 6.45) is -3.07. The van der Waals surface area contributed by atoms with Crippen LogP contribution in [0.15, 0.2) is 0 Å². The van der Waals surface area contributed by atoms with Crippen molar-refractivity contribution in [2.24, 2.45) is 5.73 Å². The number of hydrogen-bond donors (Lipinski definition) is 1. The minimum absolute atomic E-state index is 0.487. The van der Waals surface area contributed by atoms with Crippen molar-refractivity contribution in [1.29, 1.82) is 0 Å². The van der Waals surface area contributed by atoms with Crippen LogP contribution in [0.4, 0.5) is 0 Å². The molecule has 0 aliphatic carbocycles. The van der Waals surface area contributed by atoms with E-state index in [4.69, 9.17) is 47.4 Å². The lowest BCUT2D eigenvalue weighted by molar-refractivity contribution is -0.253. The van der Waals surface area contributed by atoms with E-state index >= 15 is 0 Å². The van der Waals surface area contributed by atoms with Crippen molar-refractivity contribution in [2.45, 2.75) is 98.3 Å². The van der Waals surface area contributed by atoms with Gasteiger partial charge in [0.15, 0.2) is 37.7 Å². The highest BCUT2D eigenvalue weighted by Gasteiger charge is 2.52. The summed E-state index contributed by atoms with van der Waals surface area (Å²) in [5.41, 5.74) is 5.86. The maximum Gasteiger partial charge on any atom is 0.524 e. The predicted molar refractivity (Wildman–Crippen MR) is 108 cm³/mol. The molecule has 2 N–H and O–H groups in total. The molecule has 11 heteroatoms. The second-order valence-electron chi connectivity index (χ2n) is 6.49. The molecule has 0 saturated heterocycles. The smallest absolute Gasteiger partial charge is 0.356 e. The van der Waals surface area contributed by atoms with Gasteiger partial charge >= 0.3 is 8.80 Å². The van der Waals surface area contributed by atoms with Crippen LogP contribution in [0.1, 0.15) is 54.9 Å². The molecule has 0 aromatic heterocycles. The van der Waals surface area contributed by atoms with Crippen molar-refractivity contribution >= 4 is 8.80 Å². The fourth-order valence-electron chi connectivity index (χ4n) is 2.35. The van der Waals surface area contributed by atoms with E-state index in [1.165, 1.54) is 21.3 Å². The van der Waals surface area contributed by atoms with Gasteiger partial charge in [0.05, 0.1) is 5.67 Å². The minimum atomic E-state index is -3.59. The normalized spacial score (nSPS) is 21.6. The number of nitrogens with two attached hydrogens (primary N) is 1. The molecule has 0 spiro atoms. The molecule has 0 heterocycles. The molecule has 29 heavy (non-hydrogen) atoms. The van der Waals surface area contributed by atoms with Crippen LogP contribution in [0, 0.1) is 0 Å². The molecule has 7 unspecified atom stereocenters. The Morgan fingerprint density at radius 1 is 0.586 bits per heavy atom. The van der Waals surface area contributed by atoms with E-state index < -0.39 is 52.2 Å². The van der Waals surface area contributed by atoms with Gasteiger partial charge in [-0.1, -0.05) is 6.92 Å². The largest absolute Gasteiger partial charge is 0.524 e. The fourth-order valence-corrected chi connectivity index (χ4v) is 5.09. The van der Waals surface area contributed by atoms with E-state index in [9.17, 15) is 0 Å². The molecule has 176 valence electrons. The van der Waals surface area contributed by atoms with Gasteiger partial charge in [-0.15, -0.1) is 0 Å². The molecule has 0 aliphatic heterocycles. The van der Waals surface area contributed by atoms with Crippen LogP contribution in [0.3, 0.4) is 0 Å². The Morgan fingerprint density at radius 3 is 1.07 bits per heavy atom. The summed E-state index contributed by atoms with van der Waals surface area (Å²) in [6, 6.07) is 0. The van der Waals surface area contributed by atoms with Gasteiger partial charge in [-0.25, -0.2) is 0 Å². The number of methoxy groups -OCH3 is 3. The molecule has 10 nitrogen and oxygen atoms in total. The summed E-state index contributed by atoms with van der Waals surface area (Å²) in [5.74, 6) is 0. The lowest BCUT2D eigenvalue weighted by atomic mass is 10.5. The van der Waals surface area contributed by atoms with E-state index in [-0.39, 0.29) is 0 Å². The third kappa shape index (κ3) is 11.1. The number of ether oxygens (including phenoxy) is 6. The third-order valence-electron chi connectivity index (χ3n) is 4.03. The van der Waals surface area contributed by atoms with Gasteiger partial charge in [0.2, 0.25) is 0 Å². The molecular weight excluding hydrogens is 402 g/mol. The molecule has 0 aromatic rings. The van der Waals surface area contributed by atoms with Gasteiger partial charge < -0.3 is 47.4 Å². The van der Waals surface area contributed by atoms with Crippen molar-refractivity contribution in [3.63, 3.8) is 0 Å². The van der Waals surface area contributed by atoms with Gasteiger partial charge in [-0.05, 0) is 48.0 Å². The highest BCUT2D eigenvalue weighted by molar-refractivity contribution is 6.62. The highest BCUT2D eigenvalue weighted by Crippen LogP contribution is 2.24. The molecule has 7 atom stereocenters. The van der Waals surface area contributed by atoms with E-state index in [0.29, 0.717) is 6.42 Å². The molecule has 0 bridgehead atoms. The van der Waals surface area contributed by atoms with E-state index in [1.54, 1.807) is 41.5 Å². The lowest BCUT2D eigenvalue weighted by Gasteiger charge is -2.39. The van der Waals surface area contributed by atoms with Crippen LogP contribution in [-0.4, -0.2) is 73.5 Å². The summed E-state index contributed by atoms with van der Waals surface area (Å²) in [5, 5.41) is 0. The van der Waals surface area contributed by atoms with Crippen LogP contribution in [0.2, 0.25) is 0 Å². The average molecular weight is 444 g/mol. The first kappa shape index (κ1) is 28.8. The predicted octanol–water partition coefficient (Wildman–Crippen LogP) is 2.32. The van der Waals surface area contributed by atoms with Crippen molar-refractivity contribution < 1.29 is 41.7 Å². The van der Waals surface area contributed by atoms with E-state index in [2.05, 4.69) is 0 Å². The Balaban J connectivity index is 5.62.